The van der Waals surface area contributed by atoms with E-state index >= 15 is 0 Å². The zero-order valence-electron chi connectivity index (χ0n) is 14.7. The van der Waals surface area contributed by atoms with Crippen molar-refractivity contribution in [1.82, 2.24) is 9.97 Å². The molecule has 6 heteroatoms. The van der Waals surface area contributed by atoms with Crippen molar-refractivity contribution in [2.45, 2.75) is 33.6 Å². The lowest BCUT2D eigenvalue weighted by Crippen LogP contribution is -2.01. The van der Waals surface area contributed by atoms with Crippen molar-refractivity contribution in [3.05, 3.63) is 41.2 Å². The van der Waals surface area contributed by atoms with Crippen molar-refractivity contribution in [3.8, 4) is 11.5 Å². The van der Waals surface area contributed by atoms with Gasteiger partial charge in [0, 0.05) is 11.4 Å². The Morgan fingerprint density at radius 1 is 1.12 bits per heavy atom. The Labute approximate surface area is 142 Å². The molecule has 0 bridgehead atoms. The number of rotatable bonds is 8. The second-order valence-corrected chi connectivity index (χ2v) is 5.46. The molecule has 0 aliphatic heterocycles. The second kappa shape index (κ2) is 8.86. The van der Waals surface area contributed by atoms with E-state index in [0.717, 1.165) is 35.5 Å². The predicted octanol–water partition coefficient (Wildman–Crippen LogP) is 3.73. The number of hydrogen-bond donors (Lipinski definition) is 1. The van der Waals surface area contributed by atoms with Crippen LogP contribution in [0, 0.1) is 13.8 Å². The van der Waals surface area contributed by atoms with Gasteiger partial charge in [0.25, 0.3) is 0 Å². The first-order chi connectivity index (χ1) is 11.6. The standard InChI is InChI=1S/C18H24N4O2/c1-5-6-9-24-16-8-7-15(11-17(16)23-4)12-19-22-18-20-13(2)10-14(3)21-18/h7-8,10-12H,5-6,9H2,1-4H3,(H,20,21,22)/b19-12-. The summed E-state index contributed by atoms with van der Waals surface area (Å²) in [6.07, 6.45) is 3.81. The van der Waals surface area contributed by atoms with E-state index in [9.17, 15) is 0 Å². The molecule has 1 aromatic heterocycles. The molecule has 0 atom stereocenters. The van der Waals surface area contributed by atoms with Crippen LogP contribution in [-0.4, -0.2) is 29.9 Å². The zero-order valence-corrected chi connectivity index (χ0v) is 14.7. The molecule has 1 aromatic carbocycles. The molecule has 0 fully saturated rings. The Hall–Kier alpha value is -2.63. The summed E-state index contributed by atoms with van der Waals surface area (Å²) in [6.45, 7) is 6.66. The van der Waals surface area contributed by atoms with Crippen LogP contribution in [0.4, 0.5) is 5.95 Å². The maximum Gasteiger partial charge on any atom is 0.243 e. The number of methoxy groups -OCH3 is 1. The Morgan fingerprint density at radius 3 is 2.54 bits per heavy atom. The number of anilines is 1. The van der Waals surface area contributed by atoms with Gasteiger partial charge in [-0.05, 0) is 50.1 Å². The average molecular weight is 328 g/mol. The van der Waals surface area contributed by atoms with Gasteiger partial charge in [-0.1, -0.05) is 13.3 Å². The minimum Gasteiger partial charge on any atom is -0.493 e. The van der Waals surface area contributed by atoms with E-state index in [1.54, 1.807) is 13.3 Å². The maximum atomic E-state index is 5.72. The normalized spacial score (nSPS) is 10.8. The van der Waals surface area contributed by atoms with Gasteiger partial charge in [-0.3, -0.25) is 0 Å². The monoisotopic (exact) mass is 328 g/mol. The number of hydrogen-bond acceptors (Lipinski definition) is 6. The number of ether oxygens (including phenoxy) is 2. The van der Waals surface area contributed by atoms with Crippen molar-refractivity contribution in [2.75, 3.05) is 19.1 Å². The van der Waals surface area contributed by atoms with Crippen molar-refractivity contribution < 1.29 is 9.47 Å². The summed E-state index contributed by atoms with van der Waals surface area (Å²) in [7, 11) is 1.63. The highest BCUT2D eigenvalue weighted by Crippen LogP contribution is 2.27. The fourth-order valence-electron chi connectivity index (χ4n) is 2.15. The summed E-state index contributed by atoms with van der Waals surface area (Å²) in [5.41, 5.74) is 5.54. The summed E-state index contributed by atoms with van der Waals surface area (Å²) in [6, 6.07) is 7.62. The summed E-state index contributed by atoms with van der Waals surface area (Å²) in [5.74, 6) is 1.92. The first kappa shape index (κ1) is 17.7. The largest absolute Gasteiger partial charge is 0.493 e. The summed E-state index contributed by atoms with van der Waals surface area (Å²) >= 11 is 0. The van der Waals surface area contributed by atoms with E-state index in [0.29, 0.717) is 18.3 Å². The summed E-state index contributed by atoms with van der Waals surface area (Å²) in [4.78, 5) is 8.55. The fourth-order valence-corrected chi connectivity index (χ4v) is 2.15. The van der Waals surface area contributed by atoms with Crippen LogP contribution in [0.25, 0.3) is 0 Å². The molecule has 2 rings (SSSR count). The number of unbranched alkanes of at least 4 members (excludes halogenated alkanes) is 1. The predicted molar refractivity (Wildman–Crippen MR) is 96.1 cm³/mol. The maximum absolute atomic E-state index is 5.72. The molecule has 0 spiro atoms. The molecule has 0 unspecified atom stereocenters. The van der Waals surface area contributed by atoms with E-state index in [1.807, 2.05) is 38.1 Å². The van der Waals surface area contributed by atoms with Crippen LogP contribution < -0.4 is 14.9 Å². The first-order valence-corrected chi connectivity index (χ1v) is 8.04. The lowest BCUT2D eigenvalue weighted by atomic mass is 10.2. The van der Waals surface area contributed by atoms with E-state index in [2.05, 4.69) is 27.4 Å². The van der Waals surface area contributed by atoms with E-state index in [1.165, 1.54) is 0 Å². The summed E-state index contributed by atoms with van der Waals surface area (Å²) < 4.78 is 11.1. The van der Waals surface area contributed by atoms with Crippen LogP contribution in [0.2, 0.25) is 0 Å². The highest BCUT2D eigenvalue weighted by molar-refractivity contribution is 5.81. The molecule has 0 radical (unpaired) electrons. The smallest absolute Gasteiger partial charge is 0.243 e. The molecule has 0 amide bonds. The molecule has 128 valence electrons. The highest BCUT2D eigenvalue weighted by Gasteiger charge is 2.05. The van der Waals surface area contributed by atoms with Crippen molar-refractivity contribution >= 4 is 12.2 Å². The Morgan fingerprint density at radius 2 is 1.88 bits per heavy atom. The first-order valence-electron chi connectivity index (χ1n) is 8.04. The lowest BCUT2D eigenvalue weighted by Gasteiger charge is -2.10. The SMILES string of the molecule is CCCCOc1ccc(/C=N\Nc2nc(C)cc(C)n2)cc1OC. The molecular weight excluding hydrogens is 304 g/mol. The van der Waals surface area contributed by atoms with Gasteiger partial charge >= 0.3 is 0 Å². The number of nitrogens with zero attached hydrogens (tertiary/aromatic N) is 3. The van der Waals surface area contributed by atoms with Gasteiger partial charge in [0.1, 0.15) is 0 Å². The number of benzene rings is 1. The van der Waals surface area contributed by atoms with Crippen LogP contribution in [0.15, 0.2) is 29.4 Å². The van der Waals surface area contributed by atoms with Gasteiger partial charge in [-0.25, -0.2) is 15.4 Å². The van der Waals surface area contributed by atoms with Crippen molar-refractivity contribution in [3.63, 3.8) is 0 Å². The third-order valence-corrected chi connectivity index (χ3v) is 3.30. The highest BCUT2D eigenvalue weighted by atomic mass is 16.5. The topological polar surface area (TPSA) is 68.6 Å². The molecule has 0 saturated heterocycles. The van der Waals surface area contributed by atoms with Gasteiger partial charge in [-0.15, -0.1) is 0 Å². The van der Waals surface area contributed by atoms with E-state index in [-0.39, 0.29) is 0 Å². The van der Waals surface area contributed by atoms with Crippen molar-refractivity contribution in [2.24, 2.45) is 5.10 Å². The molecule has 0 aliphatic carbocycles. The van der Waals surface area contributed by atoms with Gasteiger partial charge in [0.2, 0.25) is 5.95 Å². The van der Waals surface area contributed by atoms with Crippen LogP contribution in [-0.2, 0) is 0 Å². The van der Waals surface area contributed by atoms with Gasteiger partial charge in [0.15, 0.2) is 11.5 Å². The third-order valence-electron chi connectivity index (χ3n) is 3.30. The molecule has 0 saturated carbocycles. The molecule has 1 N–H and O–H groups in total. The van der Waals surface area contributed by atoms with E-state index in [4.69, 9.17) is 9.47 Å². The Bertz CT molecular complexity index is 681. The molecule has 24 heavy (non-hydrogen) atoms. The van der Waals surface area contributed by atoms with Gasteiger partial charge < -0.3 is 9.47 Å². The Balaban J connectivity index is 2.03. The van der Waals surface area contributed by atoms with E-state index < -0.39 is 0 Å². The molecule has 6 nitrogen and oxygen atoms in total. The molecule has 1 heterocycles. The Kier molecular flexibility index (Phi) is 6.54. The molecule has 2 aromatic rings. The quantitative estimate of drug-likeness (QED) is 0.454. The minimum absolute atomic E-state index is 0.482. The number of aryl methyl sites for hydroxylation is 2. The number of nitrogens with one attached hydrogen (secondary N) is 1. The minimum atomic E-state index is 0.482. The third kappa shape index (κ3) is 5.22. The second-order valence-electron chi connectivity index (χ2n) is 5.46. The zero-order chi connectivity index (χ0) is 17.4. The van der Waals surface area contributed by atoms with Crippen LogP contribution in [0.1, 0.15) is 36.7 Å². The van der Waals surface area contributed by atoms with Crippen molar-refractivity contribution in [1.29, 1.82) is 0 Å². The average Bonchev–Trinajstić information content (AvgIpc) is 2.55. The number of hydrazone groups is 1. The summed E-state index contributed by atoms with van der Waals surface area (Å²) in [5, 5.41) is 4.18. The van der Waals surface area contributed by atoms with Gasteiger partial charge in [-0.2, -0.15) is 5.10 Å². The van der Waals surface area contributed by atoms with Crippen LogP contribution in [0.3, 0.4) is 0 Å². The number of aromatic nitrogens is 2. The molecule has 0 aliphatic rings. The molecular formula is C18H24N4O2. The van der Waals surface area contributed by atoms with Gasteiger partial charge in [0.05, 0.1) is 19.9 Å². The fraction of sp³-hybridized carbons (Fsp3) is 0.389. The van der Waals surface area contributed by atoms with Crippen LogP contribution >= 0.6 is 0 Å². The lowest BCUT2D eigenvalue weighted by molar-refractivity contribution is 0.288. The van der Waals surface area contributed by atoms with Crippen LogP contribution in [0.5, 0.6) is 11.5 Å².